The Morgan fingerprint density at radius 3 is 2.47 bits per heavy atom. The van der Waals surface area contributed by atoms with Gasteiger partial charge in [-0.15, -0.1) is 0 Å². The van der Waals surface area contributed by atoms with Gasteiger partial charge in [0.1, 0.15) is 18.1 Å². The molecule has 0 bridgehead atoms. The van der Waals surface area contributed by atoms with Gasteiger partial charge in [-0.1, -0.05) is 34.8 Å². The highest BCUT2D eigenvalue weighted by Gasteiger charge is 2.14. The predicted octanol–water partition coefficient (Wildman–Crippen LogP) is 5.50. The summed E-state index contributed by atoms with van der Waals surface area (Å²) in [5.74, 6) is 0.0336. The summed E-state index contributed by atoms with van der Waals surface area (Å²) in [5.41, 5.74) is 1.44. The van der Waals surface area contributed by atoms with Gasteiger partial charge in [-0.3, -0.25) is 9.59 Å². The standard InChI is InChI=1S/C21H17Cl3N2O4/c1-12-8-13(22)2-5-17(12)26-20(27)10-25-21(28)19-7-4-15(30-19)11-29-18-6-3-14(23)9-16(18)24/h2-9H,10-11H2,1H3,(H,25,28)(H,26,27). The first-order valence-electron chi connectivity index (χ1n) is 8.82. The van der Waals surface area contributed by atoms with Gasteiger partial charge < -0.3 is 19.8 Å². The SMILES string of the molecule is Cc1cc(Cl)ccc1NC(=O)CNC(=O)c1ccc(COc2ccc(Cl)cc2Cl)o1. The molecule has 0 atom stereocenters. The smallest absolute Gasteiger partial charge is 0.287 e. The van der Waals surface area contributed by atoms with Gasteiger partial charge in [-0.25, -0.2) is 0 Å². The van der Waals surface area contributed by atoms with E-state index in [2.05, 4.69) is 10.6 Å². The number of aryl methyl sites for hydroxylation is 1. The van der Waals surface area contributed by atoms with Gasteiger partial charge in [0.2, 0.25) is 5.91 Å². The molecule has 156 valence electrons. The maximum atomic E-state index is 12.2. The minimum Gasteiger partial charge on any atom is -0.484 e. The van der Waals surface area contributed by atoms with Crippen LogP contribution in [0.4, 0.5) is 5.69 Å². The Kier molecular flexibility index (Phi) is 7.26. The van der Waals surface area contributed by atoms with Gasteiger partial charge in [0, 0.05) is 15.7 Å². The third-order valence-electron chi connectivity index (χ3n) is 4.02. The third kappa shape index (κ3) is 5.92. The van der Waals surface area contributed by atoms with Crippen LogP contribution in [0, 0.1) is 6.92 Å². The van der Waals surface area contributed by atoms with Crippen LogP contribution in [-0.4, -0.2) is 18.4 Å². The second kappa shape index (κ2) is 9.89. The second-order valence-corrected chi connectivity index (χ2v) is 7.60. The maximum Gasteiger partial charge on any atom is 0.287 e. The fourth-order valence-electron chi connectivity index (χ4n) is 2.53. The lowest BCUT2D eigenvalue weighted by Crippen LogP contribution is -2.32. The molecular formula is C21H17Cl3N2O4. The highest BCUT2D eigenvalue weighted by atomic mass is 35.5. The van der Waals surface area contributed by atoms with Crippen LogP contribution >= 0.6 is 34.8 Å². The van der Waals surface area contributed by atoms with E-state index in [1.54, 1.807) is 42.5 Å². The van der Waals surface area contributed by atoms with Crippen molar-refractivity contribution in [1.82, 2.24) is 5.32 Å². The largest absolute Gasteiger partial charge is 0.484 e. The molecular weight excluding hydrogens is 451 g/mol. The molecule has 2 N–H and O–H groups in total. The van der Waals surface area contributed by atoms with Crippen LogP contribution < -0.4 is 15.4 Å². The summed E-state index contributed by atoms with van der Waals surface area (Å²) in [6.07, 6.45) is 0. The Morgan fingerprint density at radius 2 is 1.73 bits per heavy atom. The van der Waals surface area contributed by atoms with Crippen LogP contribution in [0.3, 0.4) is 0 Å². The lowest BCUT2D eigenvalue weighted by molar-refractivity contribution is -0.115. The number of hydrogen-bond acceptors (Lipinski definition) is 4. The van der Waals surface area contributed by atoms with Gasteiger partial charge >= 0.3 is 0 Å². The molecule has 2 aromatic carbocycles. The molecule has 0 unspecified atom stereocenters. The summed E-state index contributed by atoms with van der Waals surface area (Å²) >= 11 is 17.8. The number of halogens is 3. The van der Waals surface area contributed by atoms with E-state index in [1.165, 1.54) is 6.07 Å². The van der Waals surface area contributed by atoms with E-state index >= 15 is 0 Å². The molecule has 0 spiro atoms. The third-order valence-corrected chi connectivity index (χ3v) is 4.79. The summed E-state index contributed by atoms with van der Waals surface area (Å²) in [4.78, 5) is 24.3. The predicted molar refractivity (Wildman–Crippen MR) is 117 cm³/mol. The van der Waals surface area contributed by atoms with Crippen molar-refractivity contribution in [3.8, 4) is 5.75 Å². The maximum absolute atomic E-state index is 12.2. The van der Waals surface area contributed by atoms with E-state index in [9.17, 15) is 9.59 Å². The summed E-state index contributed by atoms with van der Waals surface area (Å²) in [6, 6.07) is 13.1. The Labute approximate surface area is 188 Å². The average Bonchev–Trinajstić information content (AvgIpc) is 3.17. The quantitative estimate of drug-likeness (QED) is 0.481. The lowest BCUT2D eigenvalue weighted by atomic mass is 10.2. The first-order valence-corrected chi connectivity index (χ1v) is 9.96. The van der Waals surface area contributed by atoms with Crippen molar-refractivity contribution >= 4 is 52.3 Å². The zero-order valence-electron chi connectivity index (χ0n) is 15.8. The molecule has 6 nitrogen and oxygen atoms in total. The zero-order valence-corrected chi connectivity index (χ0v) is 18.1. The zero-order chi connectivity index (χ0) is 21.7. The number of ether oxygens (including phenoxy) is 1. The van der Waals surface area contributed by atoms with Crippen molar-refractivity contribution in [2.75, 3.05) is 11.9 Å². The summed E-state index contributed by atoms with van der Waals surface area (Å²) < 4.78 is 11.0. The first-order chi connectivity index (χ1) is 14.3. The topological polar surface area (TPSA) is 80.6 Å². The molecule has 0 aliphatic heterocycles. The summed E-state index contributed by atoms with van der Waals surface area (Å²) in [6.45, 7) is 1.68. The van der Waals surface area contributed by atoms with Crippen molar-refractivity contribution in [1.29, 1.82) is 0 Å². The van der Waals surface area contributed by atoms with Gasteiger partial charge in [-0.2, -0.15) is 0 Å². The second-order valence-electron chi connectivity index (χ2n) is 6.32. The van der Waals surface area contributed by atoms with Crippen molar-refractivity contribution in [3.05, 3.63) is 80.7 Å². The molecule has 0 radical (unpaired) electrons. The number of anilines is 1. The Hall–Kier alpha value is -2.67. The monoisotopic (exact) mass is 466 g/mol. The van der Waals surface area contributed by atoms with Crippen LogP contribution in [0.15, 0.2) is 52.9 Å². The molecule has 0 aliphatic carbocycles. The van der Waals surface area contributed by atoms with Crippen LogP contribution in [0.25, 0.3) is 0 Å². The van der Waals surface area contributed by atoms with Gasteiger partial charge in [0.05, 0.1) is 11.6 Å². The molecule has 0 saturated carbocycles. The van der Waals surface area contributed by atoms with E-state index < -0.39 is 5.91 Å². The van der Waals surface area contributed by atoms with Gasteiger partial charge in [-0.05, 0) is 61.0 Å². The number of benzene rings is 2. The fourth-order valence-corrected chi connectivity index (χ4v) is 3.22. The Balaban J connectivity index is 1.50. The van der Waals surface area contributed by atoms with E-state index in [0.29, 0.717) is 32.3 Å². The molecule has 0 aliphatic rings. The van der Waals surface area contributed by atoms with Gasteiger partial charge in [0.25, 0.3) is 5.91 Å². The van der Waals surface area contributed by atoms with E-state index in [0.717, 1.165) is 5.56 Å². The average molecular weight is 468 g/mol. The van der Waals surface area contributed by atoms with Crippen LogP contribution in [0.5, 0.6) is 5.75 Å². The number of carbonyl (C=O) groups is 2. The minimum absolute atomic E-state index is 0.0614. The number of furan rings is 1. The van der Waals surface area contributed by atoms with Crippen LogP contribution in [0.1, 0.15) is 21.9 Å². The minimum atomic E-state index is -0.520. The van der Waals surface area contributed by atoms with Crippen LogP contribution in [0.2, 0.25) is 15.1 Å². The number of hydrogen-bond donors (Lipinski definition) is 2. The number of carbonyl (C=O) groups excluding carboxylic acids is 2. The molecule has 3 aromatic rings. The highest BCUT2D eigenvalue weighted by Crippen LogP contribution is 2.28. The van der Waals surface area contributed by atoms with E-state index in [-0.39, 0.29) is 24.8 Å². The van der Waals surface area contributed by atoms with Crippen molar-refractivity contribution in [2.45, 2.75) is 13.5 Å². The molecule has 1 aromatic heterocycles. The number of rotatable bonds is 7. The lowest BCUT2D eigenvalue weighted by Gasteiger charge is -2.09. The van der Waals surface area contributed by atoms with Crippen LogP contribution in [-0.2, 0) is 11.4 Å². The molecule has 30 heavy (non-hydrogen) atoms. The summed E-state index contributed by atoms with van der Waals surface area (Å²) in [5, 5.41) is 6.66. The first kappa shape index (κ1) is 22.0. The molecule has 3 rings (SSSR count). The van der Waals surface area contributed by atoms with E-state index in [1.807, 2.05) is 6.92 Å². The summed E-state index contributed by atoms with van der Waals surface area (Å²) in [7, 11) is 0. The molecule has 0 saturated heterocycles. The van der Waals surface area contributed by atoms with E-state index in [4.69, 9.17) is 44.0 Å². The Bertz CT molecular complexity index is 1080. The molecule has 0 fully saturated rings. The molecule has 9 heteroatoms. The normalized spacial score (nSPS) is 10.5. The van der Waals surface area contributed by atoms with Crippen molar-refractivity contribution in [3.63, 3.8) is 0 Å². The van der Waals surface area contributed by atoms with Crippen molar-refractivity contribution < 1.29 is 18.7 Å². The molecule has 2 amide bonds. The fraction of sp³-hybridized carbons (Fsp3) is 0.143. The number of amides is 2. The van der Waals surface area contributed by atoms with Gasteiger partial charge in [0.15, 0.2) is 5.76 Å². The Morgan fingerprint density at radius 1 is 1.00 bits per heavy atom. The number of nitrogens with one attached hydrogen (secondary N) is 2. The molecule has 1 heterocycles. The highest BCUT2D eigenvalue weighted by molar-refractivity contribution is 6.35. The van der Waals surface area contributed by atoms with Crippen molar-refractivity contribution in [2.24, 2.45) is 0 Å².